The minimum Gasteiger partial charge on any atom is -0.366 e. The highest BCUT2D eigenvalue weighted by Gasteiger charge is 2.28. The normalized spacial score (nSPS) is 19.2. The van der Waals surface area contributed by atoms with Crippen LogP contribution in [0.2, 0.25) is 0 Å². The Bertz CT molecular complexity index is 876. The van der Waals surface area contributed by atoms with E-state index in [4.69, 9.17) is 0 Å². The lowest BCUT2D eigenvalue weighted by Crippen LogP contribution is -2.48. The van der Waals surface area contributed by atoms with Crippen LogP contribution in [0, 0.1) is 5.82 Å². The van der Waals surface area contributed by atoms with E-state index < -0.39 is 0 Å². The van der Waals surface area contributed by atoms with Crippen molar-refractivity contribution in [3.05, 3.63) is 65.1 Å². The number of halogens is 1. The van der Waals surface area contributed by atoms with Crippen LogP contribution in [-0.2, 0) is 4.79 Å². The maximum Gasteiger partial charge on any atom is 0.286 e. The van der Waals surface area contributed by atoms with Crippen molar-refractivity contribution in [3.63, 3.8) is 0 Å². The maximum absolute atomic E-state index is 13.9. The molecular weight excluding hydrogens is 351 g/mol. The third kappa shape index (κ3) is 3.48. The predicted octanol–water partition coefficient (Wildman–Crippen LogP) is 3.01. The zero-order valence-electron chi connectivity index (χ0n) is 14.0. The molecule has 5 nitrogen and oxygen atoms in total. The van der Waals surface area contributed by atoms with Gasteiger partial charge in [0.2, 0.25) is 0 Å². The Kier molecular flexibility index (Phi) is 4.71. The van der Waals surface area contributed by atoms with Crippen LogP contribution >= 0.6 is 11.8 Å². The summed E-state index contributed by atoms with van der Waals surface area (Å²) >= 11 is 1.39. The summed E-state index contributed by atoms with van der Waals surface area (Å²) < 4.78 is 13.9. The molecule has 1 fully saturated rings. The van der Waals surface area contributed by atoms with E-state index in [1.165, 1.54) is 17.8 Å². The van der Waals surface area contributed by atoms with Gasteiger partial charge in [-0.15, -0.1) is 0 Å². The molecule has 1 amide bonds. The van der Waals surface area contributed by atoms with Crippen molar-refractivity contribution in [1.29, 1.82) is 0 Å². The van der Waals surface area contributed by atoms with E-state index in [-0.39, 0.29) is 11.7 Å². The van der Waals surface area contributed by atoms with E-state index in [9.17, 15) is 9.18 Å². The first-order valence-electron chi connectivity index (χ1n) is 8.38. The van der Waals surface area contributed by atoms with Crippen molar-refractivity contribution in [3.8, 4) is 0 Å². The Morgan fingerprint density at radius 1 is 1.00 bits per heavy atom. The van der Waals surface area contributed by atoms with E-state index in [0.717, 1.165) is 10.7 Å². The minimum atomic E-state index is -0.210. The predicted molar refractivity (Wildman–Crippen MR) is 102 cm³/mol. The molecule has 0 aliphatic carbocycles. The number of aromatic nitrogens is 1. The molecule has 1 saturated heterocycles. The Hall–Kier alpha value is -2.67. The van der Waals surface area contributed by atoms with E-state index >= 15 is 0 Å². The summed E-state index contributed by atoms with van der Waals surface area (Å²) in [6, 6.07) is 10.5. The summed E-state index contributed by atoms with van der Waals surface area (Å²) in [6.07, 6.45) is 5.22. The molecule has 132 valence electrons. The number of para-hydroxylation sites is 1. The number of pyridine rings is 1. The largest absolute Gasteiger partial charge is 0.366 e. The average molecular weight is 368 g/mol. The van der Waals surface area contributed by atoms with Crippen LogP contribution in [0.15, 0.2) is 58.7 Å². The summed E-state index contributed by atoms with van der Waals surface area (Å²) in [5.41, 5.74) is 1.55. The molecule has 0 atom stereocenters. The molecule has 1 aromatic heterocycles. The molecule has 0 radical (unpaired) electrons. The maximum atomic E-state index is 13.9. The fourth-order valence-corrected chi connectivity index (χ4v) is 3.96. The van der Waals surface area contributed by atoms with Gasteiger partial charge in [0, 0.05) is 38.6 Å². The van der Waals surface area contributed by atoms with Gasteiger partial charge in [0.1, 0.15) is 5.82 Å². The molecule has 0 bridgehead atoms. The molecule has 26 heavy (non-hydrogen) atoms. The molecule has 2 aromatic rings. The molecule has 7 heteroatoms. The van der Waals surface area contributed by atoms with Crippen molar-refractivity contribution < 1.29 is 9.18 Å². The standard InChI is InChI=1S/C19H17FN4OS/c20-15-3-1-2-4-16(15)23-9-11-24(12-10-23)19-22-18(25)17(26-19)13-14-5-7-21-8-6-14/h1-8,13H,9-12H2/b17-13-. The van der Waals surface area contributed by atoms with Gasteiger partial charge in [-0.3, -0.25) is 9.78 Å². The molecule has 0 spiro atoms. The summed E-state index contributed by atoms with van der Waals surface area (Å²) in [7, 11) is 0. The van der Waals surface area contributed by atoms with Crippen molar-refractivity contribution in [2.45, 2.75) is 0 Å². The second-order valence-electron chi connectivity index (χ2n) is 6.02. The number of anilines is 1. The molecule has 0 saturated carbocycles. The Labute approximate surface area is 155 Å². The first-order valence-corrected chi connectivity index (χ1v) is 9.19. The molecule has 1 aromatic carbocycles. The monoisotopic (exact) mass is 368 g/mol. The van der Waals surface area contributed by atoms with Gasteiger partial charge >= 0.3 is 0 Å². The van der Waals surface area contributed by atoms with E-state index in [2.05, 4.69) is 14.9 Å². The average Bonchev–Trinajstić information content (AvgIpc) is 3.04. The van der Waals surface area contributed by atoms with Crippen LogP contribution in [0.4, 0.5) is 10.1 Å². The number of carbonyl (C=O) groups is 1. The number of hydrogen-bond donors (Lipinski definition) is 0. The molecule has 0 unspecified atom stereocenters. The van der Waals surface area contributed by atoms with Gasteiger partial charge in [-0.1, -0.05) is 12.1 Å². The van der Waals surface area contributed by atoms with Crippen LogP contribution in [0.25, 0.3) is 6.08 Å². The summed E-state index contributed by atoms with van der Waals surface area (Å²) in [5, 5.41) is 0.725. The highest BCUT2D eigenvalue weighted by molar-refractivity contribution is 8.18. The molecule has 4 rings (SSSR count). The van der Waals surface area contributed by atoms with Crippen molar-refractivity contribution in [2.24, 2.45) is 4.99 Å². The van der Waals surface area contributed by atoms with Crippen LogP contribution in [0.1, 0.15) is 5.56 Å². The van der Waals surface area contributed by atoms with Gasteiger partial charge in [-0.25, -0.2) is 4.39 Å². The van der Waals surface area contributed by atoms with E-state index in [0.29, 0.717) is 36.8 Å². The number of amides is 1. The van der Waals surface area contributed by atoms with Crippen molar-refractivity contribution in [2.75, 3.05) is 31.1 Å². The first-order chi connectivity index (χ1) is 12.7. The lowest BCUT2D eigenvalue weighted by atomic mass is 10.2. The Morgan fingerprint density at radius 2 is 1.69 bits per heavy atom. The quantitative estimate of drug-likeness (QED) is 0.763. The van der Waals surface area contributed by atoms with Gasteiger partial charge in [0.25, 0.3) is 5.91 Å². The minimum absolute atomic E-state index is 0.203. The number of amidine groups is 1. The number of benzene rings is 1. The van der Waals surface area contributed by atoms with Gasteiger partial charge in [-0.05, 0) is 47.7 Å². The third-order valence-electron chi connectivity index (χ3n) is 4.36. The van der Waals surface area contributed by atoms with Gasteiger partial charge in [-0.2, -0.15) is 4.99 Å². The lowest BCUT2D eigenvalue weighted by molar-refractivity contribution is -0.113. The zero-order chi connectivity index (χ0) is 17.9. The number of aliphatic imine (C=N–C) groups is 1. The molecule has 0 N–H and O–H groups in total. The fourth-order valence-electron chi connectivity index (χ4n) is 2.99. The number of carbonyl (C=O) groups excluding carboxylic acids is 1. The van der Waals surface area contributed by atoms with E-state index in [1.807, 2.05) is 29.2 Å². The summed E-state index contributed by atoms with van der Waals surface area (Å²) in [6.45, 7) is 2.79. The third-order valence-corrected chi connectivity index (χ3v) is 5.40. The van der Waals surface area contributed by atoms with Crippen molar-refractivity contribution >= 4 is 34.6 Å². The van der Waals surface area contributed by atoms with Crippen molar-refractivity contribution in [1.82, 2.24) is 9.88 Å². The second-order valence-corrected chi connectivity index (χ2v) is 7.03. The highest BCUT2D eigenvalue weighted by atomic mass is 32.2. The number of thioether (sulfide) groups is 1. The smallest absolute Gasteiger partial charge is 0.286 e. The SMILES string of the molecule is O=C1N=C(N2CCN(c3ccccc3F)CC2)S/C1=C\c1ccncc1. The van der Waals surface area contributed by atoms with E-state index in [1.54, 1.807) is 24.5 Å². The Balaban J connectivity index is 1.41. The van der Waals surface area contributed by atoms with Crippen LogP contribution < -0.4 is 4.90 Å². The van der Waals surface area contributed by atoms with Crippen LogP contribution in [-0.4, -0.2) is 47.1 Å². The zero-order valence-corrected chi connectivity index (χ0v) is 14.8. The molecule has 2 aliphatic heterocycles. The van der Waals surface area contributed by atoms with Gasteiger partial charge < -0.3 is 9.80 Å². The fraction of sp³-hybridized carbons (Fsp3) is 0.211. The first kappa shape index (κ1) is 16.8. The Morgan fingerprint density at radius 3 is 2.42 bits per heavy atom. The molecular formula is C19H17FN4OS. The number of rotatable bonds is 2. The summed E-state index contributed by atoms with van der Waals surface area (Å²) in [5.74, 6) is -0.412. The highest BCUT2D eigenvalue weighted by Crippen LogP contribution is 2.31. The lowest BCUT2D eigenvalue weighted by Gasteiger charge is -2.36. The molecule has 3 heterocycles. The number of piperazine rings is 1. The second kappa shape index (κ2) is 7.29. The van der Waals surface area contributed by atoms with Crippen LogP contribution in [0.5, 0.6) is 0 Å². The van der Waals surface area contributed by atoms with Gasteiger partial charge in [0.05, 0.1) is 10.6 Å². The molecule has 2 aliphatic rings. The topological polar surface area (TPSA) is 48.8 Å². The van der Waals surface area contributed by atoms with Gasteiger partial charge in [0.15, 0.2) is 5.17 Å². The number of hydrogen-bond acceptors (Lipinski definition) is 5. The summed E-state index contributed by atoms with van der Waals surface area (Å²) in [4.78, 5) is 25.1. The number of nitrogens with zero attached hydrogens (tertiary/aromatic N) is 4. The van der Waals surface area contributed by atoms with Crippen LogP contribution in [0.3, 0.4) is 0 Å².